The van der Waals surface area contributed by atoms with Crippen molar-refractivity contribution in [3.63, 3.8) is 0 Å². The van der Waals surface area contributed by atoms with E-state index in [0.717, 1.165) is 18.4 Å². The van der Waals surface area contributed by atoms with Crippen LogP contribution in [0.2, 0.25) is 0 Å². The molecule has 0 aliphatic carbocycles. The van der Waals surface area contributed by atoms with E-state index in [9.17, 15) is 23.1 Å². The third-order valence-electron chi connectivity index (χ3n) is 7.82. The molecule has 1 saturated heterocycles. The molecule has 0 saturated carbocycles. The first kappa shape index (κ1) is 34.5. The monoisotopic (exact) mass is 616 g/mol. The molecule has 238 valence electrons. The second kappa shape index (κ2) is 16.2. The molecular weight excluding hydrogens is 568 g/mol. The Morgan fingerprint density at radius 2 is 1.74 bits per heavy atom. The van der Waals surface area contributed by atoms with Crippen molar-refractivity contribution >= 4 is 21.8 Å². The zero-order chi connectivity index (χ0) is 31.6. The van der Waals surface area contributed by atoms with Crippen LogP contribution < -0.4 is 15.5 Å². The van der Waals surface area contributed by atoms with Gasteiger partial charge in [0.15, 0.2) is 0 Å². The Kier molecular flexibility index (Phi) is 13.0. The lowest BCUT2D eigenvalue weighted by Crippen LogP contribution is -2.61. The predicted octanol–water partition coefficient (Wildman–Crippen LogP) is 3.36. The normalized spacial score (nSPS) is 17.4. The molecule has 0 spiro atoms. The van der Waals surface area contributed by atoms with Crippen LogP contribution in [-0.4, -0.2) is 79.6 Å². The summed E-state index contributed by atoms with van der Waals surface area (Å²) in [7, 11) is -2.50. The SMILES string of the molecule is CC[C@H](C)CC(=O)N(NC(=O)C1CCCN1)C(Cc1ccccc1)[C@H](O)CN(CC(C)C)S(=O)(=O)c1ccc(OC)cc1. The Morgan fingerprint density at radius 1 is 1.07 bits per heavy atom. The average molecular weight is 617 g/mol. The van der Waals surface area contributed by atoms with E-state index in [-0.39, 0.29) is 54.5 Å². The topological polar surface area (TPSA) is 128 Å². The van der Waals surface area contributed by atoms with E-state index in [0.29, 0.717) is 18.7 Å². The van der Waals surface area contributed by atoms with E-state index in [2.05, 4.69) is 10.7 Å². The summed E-state index contributed by atoms with van der Waals surface area (Å²) < 4.78 is 34.1. The van der Waals surface area contributed by atoms with Gasteiger partial charge < -0.3 is 15.2 Å². The number of hydrogen-bond acceptors (Lipinski definition) is 7. The number of hydrazine groups is 1. The van der Waals surface area contributed by atoms with Gasteiger partial charge in [0.25, 0.3) is 5.91 Å². The van der Waals surface area contributed by atoms with Crippen LogP contribution in [0.25, 0.3) is 0 Å². The van der Waals surface area contributed by atoms with Crippen molar-refractivity contribution < 1.29 is 27.9 Å². The van der Waals surface area contributed by atoms with Gasteiger partial charge in [0, 0.05) is 19.5 Å². The van der Waals surface area contributed by atoms with E-state index < -0.39 is 28.2 Å². The fourth-order valence-corrected chi connectivity index (χ4v) is 6.76. The Bertz CT molecular complexity index is 1270. The number of amides is 2. The molecule has 3 N–H and O–H groups in total. The van der Waals surface area contributed by atoms with Crippen molar-refractivity contribution in [1.29, 1.82) is 0 Å². The molecule has 1 aliphatic heterocycles. The van der Waals surface area contributed by atoms with Crippen LogP contribution in [-0.2, 0) is 26.0 Å². The van der Waals surface area contributed by atoms with E-state index in [1.807, 2.05) is 58.0 Å². The Labute approximate surface area is 256 Å². The molecule has 2 unspecified atom stereocenters. The van der Waals surface area contributed by atoms with Crippen LogP contribution in [0.1, 0.15) is 58.9 Å². The maximum Gasteiger partial charge on any atom is 0.255 e. The summed E-state index contributed by atoms with van der Waals surface area (Å²) in [5, 5.41) is 16.3. The summed E-state index contributed by atoms with van der Waals surface area (Å²) in [4.78, 5) is 27.1. The average Bonchev–Trinajstić information content (AvgIpc) is 3.54. The van der Waals surface area contributed by atoms with Crippen LogP contribution in [0.5, 0.6) is 5.75 Å². The van der Waals surface area contributed by atoms with Gasteiger partial charge in [-0.25, -0.2) is 13.4 Å². The van der Waals surface area contributed by atoms with Crippen molar-refractivity contribution in [1.82, 2.24) is 20.1 Å². The lowest BCUT2D eigenvalue weighted by Gasteiger charge is -2.38. The minimum absolute atomic E-state index is 0.0379. The van der Waals surface area contributed by atoms with E-state index in [1.54, 1.807) is 12.1 Å². The van der Waals surface area contributed by atoms with Crippen LogP contribution >= 0.6 is 0 Å². The number of sulfonamides is 1. The summed E-state index contributed by atoms with van der Waals surface area (Å²) >= 11 is 0. The van der Waals surface area contributed by atoms with Gasteiger partial charge in [0.2, 0.25) is 15.9 Å². The first-order chi connectivity index (χ1) is 20.5. The summed E-state index contributed by atoms with van der Waals surface area (Å²) in [6.45, 7) is 8.36. The number of ether oxygens (including phenoxy) is 1. The fraction of sp³-hybridized carbons (Fsp3) is 0.562. The molecule has 1 aliphatic rings. The zero-order valence-electron chi connectivity index (χ0n) is 26.0. The van der Waals surface area contributed by atoms with Gasteiger partial charge in [-0.3, -0.25) is 15.0 Å². The number of carbonyl (C=O) groups is 2. The van der Waals surface area contributed by atoms with Gasteiger partial charge in [-0.1, -0.05) is 64.4 Å². The Hall–Kier alpha value is -2.99. The summed E-state index contributed by atoms with van der Waals surface area (Å²) in [6, 6.07) is 14.1. The van der Waals surface area contributed by atoms with E-state index in [1.165, 1.54) is 28.6 Å². The molecule has 3 rings (SSSR count). The minimum atomic E-state index is -4.01. The minimum Gasteiger partial charge on any atom is -0.497 e. The van der Waals surface area contributed by atoms with Crippen LogP contribution in [0, 0.1) is 11.8 Å². The molecule has 1 fully saturated rings. The van der Waals surface area contributed by atoms with Crippen molar-refractivity contribution in [2.75, 3.05) is 26.7 Å². The zero-order valence-corrected chi connectivity index (χ0v) is 26.8. The van der Waals surface area contributed by atoms with Gasteiger partial charge in [-0.2, -0.15) is 4.31 Å². The van der Waals surface area contributed by atoms with Crippen molar-refractivity contribution in [2.45, 2.75) is 82.9 Å². The molecule has 0 radical (unpaired) electrons. The summed E-state index contributed by atoms with van der Waals surface area (Å²) in [5.74, 6) is -0.123. The number of nitrogens with one attached hydrogen (secondary N) is 2. The van der Waals surface area contributed by atoms with Gasteiger partial charge in [0.05, 0.1) is 30.2 Å². The van der Waals surface area contributed by atoms with Crippen LogP contribution in [0.3, 0.4) is 0 Å². The fourth-order valence-electron chi connectivity index (χ4n) is 5.14. The summed E-state index contributed by atoms with van der Waals surface area (Å²) in [6.07, 6.45) is 1.34. The molecule has 43 heavy (non-hydrogen) atoms. The smallest absolute Gasteiger partial charge is 0.255 e. The molecule has 2 aromatic carbocycles. The molecule has 11 heteroatoms. The largest absolute Gasteiger partial charge is 0.497 e. The quantitative estimate of drug-likeness (QED) is 0.262. The van der Waals surface area contributed by atoms with Crippen molar-refractivity contribution in [2.24, 2.45) is 11.8 Å². The molecule has 2 aromatic rings. The van der Waals surface area contributed by atoms with Crippen LogP contribution in [0.4, 0.5) is 0 Å². The van der Waals surface area contributed by atoms with Gasteiger partial charge in [0.1, 0.15) is 5.75 Å². The first-order valence-corrected chi connectivity index (χ1v) is 16.6. The molecule has 4 atom stereocenters. The van der Waals surface area contributed by atoms with Crippen molar-refractivity contribution in [3.05, 3.63) is 60.2 Å². The number of methoxy groups -OCH3 is 1. The number of aliphatic hydroxyl groups is 1. The highest BCUT2D eigenvalue weighted by Gasteiger charge is 2.37. The Balaban J connectivity index is 2.00. The molecule has 2 amide bonds. The second-order valence-corrected chi connectivity index (χ2v) is 13.8. The Morgan fingerprint density at radius 3 is 2.30 bits per heavy atom. The number of carbonyl (C=O) groups excluding carboxylic acids is 2. The maximum absolute atomic E-state index is 13.8. The van der Waals surface area contributed by atoms with E-state index >= 15 is 0 Å². The number of hydrogen-bond donors (Lipinski definition) is 3. The maximum atomic E-state index is 13.8. The molecular formula is C32H48N4O6S. The number of rotatable bonds is 15. The van der Waals surface area contributed by atoms with Gasteiger partial charge in [-0.05, 0) is 67.5 Å². The standard InChI is InChI=1S/C32H48N4O6S/c1-6-24(4)19-31(38)36(34-32(39)28-13-10-18-33-28)29(20-25-11-8-7-9-12-25)30(37)22-35(21-23(2)3)43(40,41)27-16-14-26(42-5)15-17-27/h7-9,11-12,14-17,23-24,28-30,33,37H,6,10,13,18-22H2,1-5H3,(H,34,39)/t24-,28?,29?,30+/m0/s1. The van der Waals surface area contributed by atoms with E-state index in [4.69, 9.17) is 4.74 Å². The summed E-state index contributed by atoms with van der Waals surface area (Å²) in [5.41, 5.74) is 3.67. The molecule has 10 nitrogen and oxygen atoms in total. The molecule has 0 bridgehead atoms. The predicted molar refractivity (Wildman–Crippen MR) is 167 cm³/mol. The highest BCUT2D eigenvalue weighted by atomic mass is 32.2. The highest BCUT2D eigenvalue weighted by Crippen LogP contribution is 2.23. The third-order valence-corrected chi connectivity index (χ3v) is 9.66. The third kappa shape index (κ3) is 9.76. The number of benzene rings is 2. The highest BCUT2D eigenvalue weighted by molar-refractivity contribution is 7.89. The van der Waals surface area contributed by atoms with Crippen LogP contribution in [0.15, 0.2) is 59.5 Å². The molecule has 0 aromatic heterocycles. The first-order valence-electron chi connectivity index (χ1n) is 15.2. The lowest BCUT2D eigenvalue weighted by atomic mass is 9.98. The number of aliphatic hydroxyl groups excluding tert-OH is 1. The molecule has 1 heterocycles. The van der Waals surface area contributed by atoms with Crippen molar-refractivity contribution in [3.8, 4) is 5.75 Å². The lowest BCUT2D eigenvalue weighted by molar-refractivity contribution is -0.149. The second-order valence-electron chi connectivity index (χ2n) is 11.8. The number of nitrogens with zero attached hydrogens (tertiary/aromatic N) is 2. The van der Waals surface area contributed by atoms with Gasteiger partial charge in [-0.15, -0.1) is 0 Å². The van der Waals surface area contributed by atoms with Gasteiger partial charge >= 0.3 is 0 Å².